The molecule has 5 rings (SSSR count). The first kappa shape index (κ1) is 22.2. The number of rotatable bonds is 6. The first-order valence-electron chi connectivity index (χ1n) is 10.9. The highest BCUT2D eigenvalue weighted by atomic mass is 35.5. The van der Waals surface area contributed by atoms with Crippen molar-refractivity contribution in [2.75, 3.05) is 38.0 Å². The minimum Gasteiger partial charge on any atom is -0.494 e. The molecule has 1 unspecified atom stereocenters. The van der Waals surface area contributed by atoms with Gasteiger partial charge in [-0.15, -0.1) is 0 Å². The smallest absolute Gasteiger partial charge is 0.229 e. The fourth-order valence-corrected chi connectivity index (χ4v) is 4.32. The van der Waals surface area contributed by atoms with E-state index in [1.807, 2.05) is 60.0 Å². The number of nitrogens with zero attached hydrogens (tertiary/aromatic N) is 5. The summed E-state index contributed by atoms with van der Waals surface area (Å²) < 4.78 is 13.4. The predicted molar refractivity (Wildman–Crippen MR) is 133 cm³/mol. The standard InChI is InChI=1S/C25H25ClN6O2/c1-31(2)24-19-14-34-13-18(16-7-5-4-6-8-16)23(19)29-25(30-24)28-17-9-10-20(21(11-17)33-3)32-12-22(26)27-15-32/h4-12,15,18H,13-14H2,1-3H3,(H,28,29,30). The fourth-order valence-electron chi connectivity index (χ4n) is 4.17. The van der Waals surface area contributed by atoms with Gasteiger partial charge in [0.2, 0.25) is 5.95 Å². The second kappa shape index (κ2) is 9.32. The van der Waals surface area contributed by atoms with Gasteiger partial charge in [-0.1, -0.05) is 41.9 Å². The Hall–Kier alpha value is -3.62. The lowest BCUT2D eigenvalue weighted by molar-refractivity contribution is 0.0977. The maximum Gasteiger partial charge on any atom is 0.229 e. The van der Waals surface area contributed by atoms with Crippen molar-refractivity contribution in [3.05, 3.63) is 83.0 Å². The summed E-state index contributed by atoms with van der Waals surface area (Å²) in [5.41, 5.74) is 4.80. The number of benzene rings is 2. The van der Waals surface area contributed by atoms with E-state index in [1.165, 1.54) is 5.56 Å². The number of nitrogens with one attached hydrogen (secondary N) is 1. The average molecular weight is 477 g/mol. The van der Waals surface area contributed by atoms with Crippen LogP contribution in [0.15, 0.2) is 61.1 Å². The van der Waals surface area contributed by atoms with Crippen molar-refractivity contribution < 1.29 is 9.47 Å². The highest BCUT2D eigenvalue weighted by Gasteiger charge is 2.28. The van der Waals surface area contributed by atoms with Crippen molar-refractivity contribution in [2.45, 2.75) is 12.5 Å². The van der Waals surface area contributed by atoms with Crippen molar-refractivity contribution >= 4 is 29.1 Å². The fraction of sp³-hybridized carbons (Fsp3) is 0.240. The quantitative estimate of drug-likeness (QED) is 0.428. The van der Waals surface area contributed by atoms with Gasteiger partial charge in [-0.05, 0) is 17.7 Å². The van der Waals surface area contributed by atoms with Gasteiger partial charge in [0, 0.05) is 37.6 Å². The zero-order chi connectivity index (χ0) is 23.7. The molecular weight excluding hydrogens is 452 g/mol. The molecule has 174 valence electrons. The Bertz CT molecular complexity index is 1310. The second-order valence-corrected chi connectivity index (χ2v) is 8.61. The molecule has 0 radical (unpaired) electrons. The third-order valence-electron chi connectivity index (χ3n) is 5.77. The summed E-state index contributed by atoms with van der Waals surface area (Å²) in [5, 5.41) is 3.78. The largest absolute Gasteiger partial charge is 0.494 e. The number of halogens is 1. The number of anilines is 3. The molecular formula is C25H25ClN6O2. The van der Waals surface area contributed by atoms with Gasteiger partial charge in [0.25, 0.3) is 0 Å². The number of fused-ring (bicyclic) bond motifs is 1. The van der Waals surface area contributed by atoms with E-state index in [0.29, 0.717) is 30.1 Å². The minimum absolute atomic E-state index is 0.0371. The molecule has 0 saturated heterocycles. The molecule has 0 fully saturated rings. The SMILES string of the molecule is COc1cc(Nc2nc3c(c(N(C)C)n2)COCC3c2ccccc2)ccc1-n1cnc(Cl)c1. The number of imidazole rings is 1. The van der Waals surface area contributed by atoms with Gasteiger partial charge in [-0.3, -0.25) is 0 Å². The van der Waals surface area contributed by atoms with Crippen molar-refractivity contribution in [1.29, 1.82) is 0 Å². The minimum atomic E-state index is 0.0371. The molecule has 34 heavy (non-hydrogen) atoms. The lowest BCUT2D eigenvalue weighted by atomic mass is 9.91. The van der Waals surface area contributed by atoms with E-state index in [1.54, 1.807) is 19.6 Å². The van der Waals surface area contributed by atoms with Crippen molar-refractivity contribution in [1.82, 2.24) is 19.5 Å². The molecule has 2 aromatic heterocycles. The topological polar surface area (TPSA) is 77.3 Å². The van der Waals surface area contributed by atoms with E-state index in [-0.39, 0.29) is 5.92 Å². The predicted octanol–water partition coefficient (Wildman–Crippen LogP) is 4.80. The van der Waals surface area contributed by atoms with Gasteiger partial charge in [0.1, 0.15) is 23.0 Å². The molecule has 0 amide bonds. The lowest BCUT2D eigenvalue weighted by Crippen LogP contribution is -2.25. The number of aromatic nitrogens is 4. The third-order valence-corrected chi connectivity index (χ3v) is 5.96. The van der Waals surface area contributed by atoms with Gasteiger partial charge in [-0.2, -0.15) is 4.98 Å². The Morgan fingerprint density at radius 2 is 1.97 bits per heavy atom. The number of hydrogen-bond donors (Lipinski definition) is 1. The Morgan fingerprint density at radius 3 is 2.68 bits per heavy atom. The Morgan fingerprint density at radius 1 is 1.15 bits per heavy atom. The van der Waals surface area contributed by atoms with E-state index in [0.717, 1.165) is 28.5 Å². The van der Waals surface area contributed by atoms with Crippen LogP contribution in [-0.2, 0) is 11.3 Å². The number of methoxy groups -OCH3 is 1. The molecule has 1 atom stereocenters. The lowest BCUT2D eigenvalue weighted by Gasteiger charge is -2.29. The Balaban J connectivity index is 1.53. The molecule has 1 aliphatic rings. The summed E-state index contributed by atoms with van der Waals surface area (Å²) in [6.45, 7) is 1.07. The summed E-state index contributed by atoms with van der Waals surface area (Å²) in [6, 6.07) is 16.1. The first-order valence-corrected chi connectivity index (χ1v) is 11.3. The van der Waals surface area contributed by atoms with Gasteiger partial charge in [0.15, 0.2) is 0 Å². The zero-order valence-electron chi connectivity index (χ0n) is 19.2. The van der Waals surface area contributed by atoms with Gasteiger partial charge in [-0.25, -0.2) is 9.97 Å². The maximum atomic E-state index is 5.98. The van der Waals surface area contributed by atoms with Crippen LogP contribution >= 0.6 is 11.6 Å². The van der Waals surface area contributed by atoms with E-state index in [4.69, 9.17) is 31.0 Å². The highest BCUT2D eigenvalue weighted by Crippen LogP contribution is 2.36. The van der Waals surface area contributed by atoms with Crippen LogP contribution in [0.1, 0.15) is 22.7 Å². The molecule has 1 aliphatic heterocycles. The molecule has 1 N–H and O–H groups in total. The van der Waals surface area contributed by atoms with E-state index >= 15 is 0 Å². The molecule has 0 saturated carbocycles. The number of ether oxygens (including phenoxy) is 2. The normalized spacial score (nSPS) is 15.0. The Labute approximate surface area is 203 Å². The van der Waals surface area contributed by atoms with Crippen LogP contribution in [-0.4, -0.2) is 47.3 Å². The molecule has 0 spiro atoms. The van der Waals surface area contributed by atoms with Crippen LogP contribution < -0.4 is 15.0 Å². The van der Waals surface area contributed by atoms with E-state index in [2.05, 4.69) is 22.4 Å². The highest BCUT2D eigenvalue weighted by molar-refractivity contribution is 6.29. The van der Waals surface area contributed by atoms with Crippen molar-refractivity contribution in [3.63, 3.8) is 0 Å². The maximum absolute atomic E-state index is 5.98. The zero-order valence-corrected chi connectivity index (χ0v) is 20.0. The molecule has 2 aromatic carbocycles. The molecule has 3 heterocycles. The molecule has 4 aromatic rings. The molecule has 8 nitrogen and oxygen atoms in total. The van der Waals surface area contributed by atoms with Crippen LogP contribution in [0.25, 0.3) is 5.69 Å². The third kappa shape index (κ3) is 4.30. The van der Waals surface area contributed by atoms with Crippen molar-refractivity contribution in [3.8, 4) is 11.4 Å². The summed E-state index contributed by atoms with van der Waals surface area (Å²) in [7, 11) is 5.59. The second-order valence-electron chi connectivity index (χ2n) is 8.22. The summed E-state index contributed by atoms with van der Waals surface area (Å²) >= 11 is 5.98. The van der Waals surface area contributed by atoms with Crippen molar-refractivity contribution in [2.24, 2.45) is 0 Å². The van der Waals surface area contributed by atoms with Crippen LogP contribution in [0.2, 0.25) is 5.15 Å². The van der Waals surface area contributed by atoms with E-state index < -0.39 is 0 Å². The van der Waals surface area contributed by atoms with Crippen LogP contribution in [0, 0.1) is 0 Å². The van der Waals surface area contributed by atoms with Crippen LogP contribution in [0.4, 0.5) is 17.5 Å². The summed E-state index contributed by atoms with van der Waals surface area (Å²) in [5.74, 6) is 2.06. The van der Waals surface area contributed by atoms with E-state index in [9.17, 15) is 0 Å². The number of hydrogen-bond acceptors (Lipinski definition) is 7. The van der Waals surface area contributed by atoms with Gasteiger partial charge >= 0.3 is 0 Å². The molecule has 0 bridgehead atoms. The van der Waals surface area contributed by atoms with Gasteiger partial charge < -0.3 is 24.3 Å². The first-order chi connectivity index (χ1) is 16.5. The summed E-state index contributed by atoms with van der Waals surface area (Å²) in [4.78, 5) is 15.8. The monoisotopic (exact) mass is 476 g/mol. The Kier molecular flexibility index (Phi) is 6.08. The molecule has 9 heteroatoms. The van der Waals surface area contributed by atoms with Crippen LogP contribution in [0.3, 0.4) is 0 Å². The average Bonchev–Trinajstić information content (AvgIpc) is 3.29. The summed E-state index contributed by atoms with van der Waals surface area (Å²) in [6.07, 6.45) is 3.38. The van der Waals surface area contributed by atoms with Gasteiger partial charge in [0.05, 0.1) is 37.6 Å². The van der Waals surface area contributed by atoms with Crippen LogP contribution in [0.5, 0.6) is 5.75 Å². The molecule has 0 aliphatic carbocycles.